The maximum absolute atomic E-state index is 14.0. The topological polar surface area (TPSA) is 83.9 Å². The highest BCUT2D eigenvalue weighted by Crippen LogP contribution is 2.30. The highest BCUT2D eigenvalue weighted by atomic mass is 19.1. The number of methoxy groups -OCH3 is 1. The second-order valence-corrected chi connectivity index (χ2v) is 8.51. The number of ether oxygens (including phenoxy) is 1. The van der Waals surface area contributed by atoms with E-state index in [0.717, 1.165) is 44.2 Å². The van der Waals surface area contributed by atoms with E-state index in [-0.39, 0.29) is 41.2 Å². The molecule has 1 fully saturated rings. The van der Waals surface area contributed by atoms with E-state index >= 15 is 0 Å². The van der Waals surface area contributed by atoms with Crippen LogP contribution in [0.4, 0.5) is 8.78 Å². The molecular formula is C24H28F2N4O4. The van der Waals surface area contributed by atoms with Gasteiger partial charge in [-0.1, -0.05) is 19.4 Å². The van der Waals surface area contributed by atoms with Crippen LogP contribution in [0.2, 0.25) is 0 Å². The third kappa shape index (κ3) is 4.24. The third-order valence-corrected chi connectivity index (χ3v) is 6.35. The Labute approximate surface area is 196 Å². The number of hydrogen-bond donors (Lipinski definition) is 1. The fourth-order valence-corrected chi connectivity index (χ4v) is 4.58. The zero-order valence-electron chi connectivity index (χ0n) is 19.3. The zero-order chi connectivity index (χ0) is 24.4. The van der Waals surface area contributed by atoms with Gasteiger partial charge in [0.25, 0.3) is 11.8 Å². The summed E-state index contributed by atoms with van der Waals surface area (Å²) >= 11 is 0. The quantitative estimate of drug-likeness (QED) is 0.667. The normalized spacial score (nSPS) is 17.3. The minimum atomic E-state index is -0.797. The van der Waals surface area contributed by atoms with Gasteiger partial charge in [0.1, 0.15) is 23.4 Å². The molecule has 0 spiro atoms. The van der Waals surface area contributed by atoms with Crippen LogP contribution in [0.25, 0.3) is 0 Å². The van der Waals surface area contributed by atoms with Crippen LogP contribution in [0, 0.1) is 11.6 Å². The van der Waals surface area contributed by atoms with Gasteiger partial charge in [-0.05, 0) is 31.7 Å². The Morgan fingerprint density at radius 1 is 1.24 bits per heavy atom. The molecule has 34 heavy (non-hydrogen) atoms. The molecule has 2 aliphatic rings. The number of nitrogens with one attached hydrogen (secondary N) is 1. The first-order valence-corrected chi connectivity index (χ1v) is 11.5. The van der Waals surface area contributed by atoms with Gasteiger partial charge in [-0.3, -0.25) is 24.1 Å². The number of aromatic nitrogens is 1. The third-order valence-electron chi connectivity index (χ3n) is 6.35. The number of hydrogen-bond acceptors (Lipinski definition) is 5. The molecule has 2 aliphatic heterocycles. The van der Waals surface area contributed by atoms with Crippen molar-refractivity contribution < 1.29 is 23.1 Å². The van der Waals surface area contributed by atoms with Crippen molar-refractivity contribution in [3.05, 3.63) is 63.1 Å². The van der Waals surface area contributed by atoms with Gasteiger partial charge in [0.05, 0.1) is 7.11 Å². The summed E-state index contributed by atoms with van der Waals surface area (Å²) in [4.78, 5) is 41.2. The molecule has 2 amide bonds. The standard InChI is InChI=1S/C24H28F2N4O4/c1-3-4-11-29-19-7-5-6-10-28(19)24(33)20-22(34-2)21(31)17(14-30(20)29)23(32)27-13-15-8-9-16(25)12-18(15)26/h8-9,12,14,19H,3-7,10-11,13H2,1-2H3,(H,27,32). The molecule has 1 atom stereocenters. The van der Waals surface area contributed by atoms with E-state index in [1.165, 1.54) is 19.4 Å². The maximum atomic E-state index is 14.0. The molecule has 10 heteroatoms. The molecule has 1 aromatic carbocycles. The van der Waals surface area contributed by atoms with Crippen molar-refractivity contribution in [2.24, 2.45) is 0 Å². The number of carbonyl (C=O) groups excluding carboxylic acids is 2. The zero-order valence-corrected chi connectivity index (χ0v) is 19.3. The first-order chi connectivity index (χ1) is 16.4. The average molecular weight is 475 g/mol. The summed E-state index contributed by atoms with van der Waals surface area (Å²) in [5.41, 5.74) is -0.757. The molecule has 0 saturated carbocycles. The van der Waals surface area contributed by atoms with Crippen LogP contribution in [0.15, 0.2) is 29.2 Å². The van der Waals surface area contributed by atoms with Crippen molar-refractivity contribution >= 4 is 11.8 Å². The number of pyridine rings is 1. The fourth-order valence-electron chi connectivity index (χ4n) is 4.58. The maximum Gasteiger partial charge on any atom is 0.278 e. The molecule has 8 nitrogen and oxygen atoms in total. The van der Waals surface area contributed by atoms with E-state index in [2.05, 4.69) is 12.2 Å². The van der Waals surface area contributed by atoms with E-state index in [1.54, 1.807) is 9.58 Å². The Kier molecular flexibility index (Phi) is 6.85. The summed E-state index contributed by atoms with van der Waals surface area (Å²) in [5.74, 6) is -2.76. The molecule has 1 N–H and O–H groups in total. The molecule has 182 valence electrons. The lowest BCUT2D eigenvalue weighted by molar-refractivity contribution is 0.0479. The van der Waals surface area contributed by atoms with Crippen LogP contribution >= 0.6 is 0 Å². The first kappa shape index (κ1) is 23.7. The molecule has 4 rings (SSSR count). The molecule has 3 heterocycles. The van der Waals surface area contributed by atoms with Gasteiger partial charge < -0.3 is 15.0 Å². The molecule has 2 aromatic rings. The second-order valence-electron chi connectivity index (χ2n) is 8.51. The van der Waals surface area contributed by atoms with Gasteiger partial charge in [0.2, 0.25) is 5.43 Å². The Balaban J connectivity index is 1.73. The minimum Gasteiger partial charge on any atom is -0.491 e. The summed E-state index contributed by atoms with van der Waals surface area (Å²) in [6.07, 6.45) is 5.64. The average Bonchev–Trinajstić information content (AvgIpc) is 2.83. The van der Waals surface area contributed by atoms with Crippen LogP contribution in [-0.2, 0) is 6.54 Å². The van der Waals surface area contributed by atoms with Gasteiger partial charge in [-0.15, -0.1) is 0 Å². The van der Waals surface area contributed by atoms with Gasteiger partial charge in [-0.2, -0.15) is 0 Å². The lowest BCUT2D eigenvalue weighted by Crippen LogP contribution is -2.63. The minimum absolute atomic E-state index is 0.0809. The van der Waals surface area contributed by atoms with Crippen molar-refractivity contribution in [3.63, 3.8) is 0 Å². The number of carbonyl (C=O) groups is 2. The number of benzene rings is 1. The van der Waals surface area contributed by atoms with Crippen molar-refractivity contribution in [1.29, 1.82) is 0 Å². The summed E-state index contributed by atoms with van der Waals surface area (Å²) in [5, 5.41) is 4.53. The highest BCUT2D eigenvalue weighted by molar-refractivity contribution is 5.99. The lowest BCUT2D eigenvalue weighted by Gasteiger charge is -2.49. The van der Waals surface area contributed by atoms with Gasteiger partial charge in [0.15, 0.2) is 11.4 Å². The largest absolute Gasteiger partial charge is 0.491 e. The monoisotopic (exact) mass is 474 g/mol. The number of amides is 2. The molecule has 0 aliphatic carbocycles. The fraction of sp³-hybridized carbons (Fsp3) is 0.458. The number of halogens is 2. The van der Waals surface area contributed by atoms with E-state index < -0.39 is 23.0 Å². The van der Waals surface area contributed by atoms with E-state index in [4.69, 9.17) is 4.74 Å². The van der Waals surface area contributed by atoms with Gasteiger partial charge in [0, 0.05) is 37.5 Å². The van der Waals surface area contributed by atoms with Gasteiger partial charge in [-0.25, -0.2) is 8.78 Å². The smallest absolute Gasteiger partial charge is 0.278 e. The van der Waals surface area contributed by atoms with Crippen LogP contribution in [0.1, 0.15) is 65.4 Å². The van der Waals surface area contributed by atoms with Crippen molar-refractivity contribution in [1.82, 2.24) is 14.9 Å². The van der Waals surface area contributed by atoms with Crippen molar-refractivity contribution in [2.75, 3.05) is 25.2 Å². The summed E-state index contributed by atoms with van der Waals surface area (Å²) in [6.45, 7) is 3.05. The second kappa shape index (κ2) is 9.82. The number of fused-ring (bicyclic) bond motifs is 2. The predicted molar refractivity (Wildman–Crippen MR) is 121 cm³/mol. The summed E-state index contributed by atoms with van der Waals surface area (Å²) in [7, 11) is 1.29. The van der Waals surface area contributed by atoms with Crippen molar-refractivity contribution in [3.8, 4) is 5.75 Å². The Hall–Kier alpha value is -3.43. The number of nitrogens with zero attached hydrogens (tertiary/aromatic N) is 3. The lowest BCUT2D eigenvalue weighted by atomic mass is 10.0. The molecular weight excluding hydrogens is 446 g/mol. The van der Waals surface area contributed by atoms with Crippen LogP contribution < -0.4 is 20.5 Å². The SMILES string of the molecule is CCCCN1C2CCCCN2C(=O)c2c(OC)c(=O)c(C(=O)NCc3ccc(F)cc3F)cn21. The Morgan fingerprint density at radius 2 is 2.03 bits per heavy atom. The Bertz CT molecular complexity index is 1170. The van der Waals surface area contributed by atoms with Crippen molar-refractivity contribution in [2.45, 2.75) is 51.7 Å². The first-order valence-electron chi connectivity index (χ1n) is 11.5. The Morgan fingerprint density at radius 3 is 2.74 bits per heavy atom. The molecule has 0 radical (unpaired) electrons. The van der Waals surface area contributed by atoms with Crippen LogP contribution in [0.3, 0.4) is 0 Å². The summed E-state index contributed by atoms with van der Waals surface area (Å²) < 4.78 is 34.1. The molecule has 0 bridgehead atoms. The van der Waals surface area contributed by atoms with Crippen LogP contribution in [-0.4, -0.2) is 47.8 Å². The van der Waals surface area contributed by atoms with E-state index in [1.807, 2.05) is 5.01 Å². The highest BCUT2D eigenvalue weighted by Gasteiger charge is 2.41. The van der Waals surface area contributed by atoms with Gasteiger partial charge >= 0.3 is 0 Å². The number of rotatable bonds is 7. The number of unbranched alkanes of at least 4 members (excludes halogenated alkanes) is 1. The molecule has 1 unspecified atom stereocenters. The molecule has 1 aromatic heterocycles. The van der Waals surface area contributed by atoms with E-state index in [0.29, 0.717) is 13.1 Å². The number of piperidine rings is 1. The van der Waals surface area contributed by atoms with Crippen LogP contribution in [0.5, 0.6) is 5.75 Å². The predicted octanol–water partition coefficient (Wildman–Crippen LogP) is 2.77. The summed E-state index contributed by atoms with van der Waals surface area (Å²) in [6, 6.07) is 3.05. The van der Waals surface area contributed by atoms with E-state index in [9.17, 15) is 23.2 Å². The molecule has 1 saturated heterocycles.